The summed E-state index contributed by atoms with van der Waals surface area (Å²) in [5, 5.41) is 0. The minimum Gasteiger partial charge on any atom is -0.353 e. The fraction of sp³-hybridized carbons (Fsp3) is 0.870. The normalized spacial score (nSPS) is 50.8. The van der Waals surface area contributed by atoms with Crippen LogP contribution in [0.4, 0.5) is 0 Å². The van der Waals surface area contributed by atoms with Gasteiger partial charge in [0.2, 0.25) is 0 Å². The summed E-state index contributed by atoms with van der Waals surface area (Å²) in [6, 6.07) is 0. The van der Waals surface area contributed by atoms with Crippen molar-refractivity contribution < 1.29 is 14.3 Å². The maximum Gasteiger partial charge on any atom is 0.157 e. The van der Waals surface area contributed by atoms with Crippen LogP contribution in [0.3, 0.4) is 0 Å². The van der Waals surface area contributed by atoms with Crippen LogP contribution in [-0.2, 0) is 14.3 Å². The number of carbonyl (C=O) groups is 1. The number of hydrogen-bond acceptors (Lipinski definition) is 3. The molecule has 3 nitrogen and oxygen atoms in total. The molecule has 1 unspecified atom stereocenters. The van der Waals surface area contributed by atoms with Gasteiger partial charge in [-0.15, -0.1) is 0 Å². The molecule has 1 aliphatic heterocycles. The maximum atomic E-state index is 11.8. The molecule has 144 valence electrons. The molecule has 0 spiro atoms. The molecule has 4 fully saturated rings. The third-order valence-corrected chi connectivity index (χ3v) is 8.74. The number of rotatable bonds is 2. The fourth-order valence-electron chi connectivity index (χ4n) is 7.42. The van der Waals surface area contributed by atoms with E-state index in [0.29, 0.717) is 29.1 Å². The highest BCUT2D eigenvalue weighted by Gasteiger charge is 2.57. The molecule has 0 aromatic rings. The highest BCUT2D eigenvalue weighted by Crippen LogP contribution is 2.62. The van der Waals surface area contributed by atoms with E-state index in [-0.39, 0.29) is 6.29 Å². The average molecular weight is 359 g/mol. The first-order valence-electron chi connectivity index (χ1n) is 11.1. The van der Waals surface area contributed by atoms with E-state index >= 15 is 0 Å². The molecule has 1 heterocycles. The van der Waals surface area contributed by atoms with Gasteiger partial charge in [-0.2, -0.15) is 0 Å². The van der Waals surface area contributed by atoms with Crippen molar-refractivity contribution in [2.75, 3.05) is 6.61 Å². The number of ether oxygens (including phenoxy) is 2. The predicted molar refractivity (Wildman–Crippen MR) is 100 cm³/mol. The molecule has 3 saturated carbocycles. The number of allylic oxidation sites excluding steroid dienone is 2. The summed E-state index contributed by atoms with van der Waals surface area (Å²) in [6.07, 6.45) is 16.7. The first-order chi connectivity index (χ1) is 12.6. The SMILES string of the molecule is C[C@]12CC[C@@H]3[C@H]4C=CC(=O)C[C@@H]4CC[C@H]3[C@@H]1CC[C@@H]2OC1CCCCO1. The van der Waals surface area contributed by atoms with Crippen LogP contribution in [0.1, 0.15) is 71.1 Å². The molecule has 4 aliphatic carbocycles. The van der Waals surface area contributed by atoms with Gasteiger partial charge in [0.05, 0.1) is 6.10 Å². The first kappa shape index (κ1) is 17.4. The van der Waals surface area contributed by atoms with E-state index in [1.807, 2.05) is 6.08 Å². The van der Waals surface area contributed by atoms with Crippen LogP contribution in [0, 0.1) is 35.0 Å². The molecule has 5 aliphatic rings. The standard InChI is InChI=1S/C23H34O3/c1-23-12-11-18-17-8-6-16(24)14-15(17)5-7-19(18)20(23)9-10-21(23)26-22-4-2-3-13-25-22/h6,8,15,17-22H,2-5,7,9-14H2,1H3/t15-,17-,18+,19+,20-,21-,22?,23-/m0/s1. The highest BCUT2D eigenvalue weighted by atomic mass is 16.7. The zero-order valence-corrected chi connectivity index (χ0v) is 16.2. The van der Waals surface area contributed by atoms with Gasteiger partial charge in [-0.25, -0.2) is 0 Å². The van der Waals surface area contributed by atoms with Crippen molar-refractivity contribution in [3.63, 3.8) is 0 Å². The van der Waals surface area contributed by atoms with Crippen molar-refractivity contribution in [1.82, 2.24) is 0 Å². The van der Waals surface area contributed by atoms with Gasteiger partial charge in [-0.1, -0.05) is 13.0 Å². The zero-order valence-electron chi connectivity index (χ0n) is 16.2. The van der Waals surface area contributed by atoms with Gasteiger partial charge in [-0.3, -0.25) is 4.79 Å². The third kappa shape index (κ3) is 2.81. The van der Waals surface area contributed by atoms with Gasteiger partial charge in [0.1, 0.15) is 0 Å². The molecule has 8 atom stereocenters. The summed E-state index contributed by atoms with van der Waals surface area (Å²) >= 11 is 0. The first-order valence-corrected chi connectivity index (χ1v) is 11.1. The molecule has 0 amide bonds. The lowest BCUT2D eigenvalue weighted by Gasteiger charge is -2.54. The largest absolute Gasteiger partial charge is 0.353 e. The van der Waals surface area contributed by atoms with E-state index in [9.17, 15) is 4.79 Å². The van der Waals surface area contributed by atoms with Gasteiger partial charge < -0.3 is 9.47 Å². The second kappa shape index (κ2) is 6.74. The van der Waals surface area contributed by atoms with Crippen LogP contribution < -0.4 is 0 Å². The smallest absolute Gasteiger partial charge is 0.157 e. The Hall–Kier alpha value is -0.670. The van der Waals surface area contributed by atoms with E-state index in [1.54, 1.807) is 0 Å². The molecule has 0 bridgehead atoms. The summed E-state index contributed by atoms with van der Waals surface area (Å²) in [5.41, 5.74) is 0.336. The topological polar surface area (TPSA) is 35.5 Å². The van der Waals surface area contributed by atoms with Crippen LogP contribution in [0.2, 0.25) is 0 Å². The summed E-state index contributed by atoms with van der Waals surface area (Å²) in [7, 11) is 0. The molecule has 0 aromatic carbocycles. The summed E-state index contributed by atoms with van der Waals surface area (Å²) in [6.45, 7) is 3.39. The number of ketones is 1. The van der Waals surface area contributed by atoms with Crippen molar-refractivity contribution in [2.24, 2.45) is 35.0 Å². The molecule has 0 N–H and O–H groups in total. The Balaban J connectivity index is 1.32. The van der Waals surface area contributed by atoms with Crippen molar-refractivity contribution in [2.45, 2.75) is 83.5 Å². The molecular formula is C23H34O3. The summed E-state index contributed by atoms with van der Waals surface area (Å²) < 4.78 is 12.4. The molecule has 1 saturated heterocycles. The van der Waals surface area contributed by atoms with E-state index < -0.39 is 0 Å². The zero-order chi connectivity index (χ0) is 17.7. The molecule has 5 rings (SSSR count). The van der Waals surface area contributed by atoms with Gasteiger partial charge in [0, 0.05) is 13.0 Å². The van der Waals surface area contributed by atoms with Crippen LogP contribution in [0.25, 0.3) is 0 Å². The van der Waals surface area contributed by atoms with E-state index in [0.717, 1.165) is 37.2 Å². The summed E-state index contributed by atoms with van der Waals surface area (Å²) in [4.78, 5) is 11.8. The molecule has 3 heteroatoms. The Bertz CT molecular complexity index is 578. The maximum absolute atomic E-state index is 11.8. The molecule has 0 aromatic heterocycles. The van der Waals surface area contributed by atoms with Crippen molar-refractivity contribution in [3.05, 3.63) is 12.2 Å². The Morgan fingerprint density at radius 3 is 2.85 bits per heavy atom. The van der Waals surface area contributed by atoms with Crippen LogP contribution >= 0.6 is 0 Å². The molecular weight excluding hydrogens is 324 g/mol. The quantitative estimate of drug-likeness (QED) is 0.704. The summed E-state index contributed by atoms with van der Waals surface area (Å²) in [5.74, 6) is 4.10. The average Bonchev–Trinajstić information content (AvgIpc) is 2.98. The number of hydrogen-bond donors (Lipinski definition) is 0. The van der Waals surface area contributed by atoms with Gasteiger partial charge in [0.15, 0.2) is 12.1 Å². The van der Waals surface area contributed by atoms with Gasteiger partial charge in [-0.05, 0) is 98.9 Å². The lowest BCUT2D eigenvalue weighted by Crippen LogP contribution is -2.49. The predicted octanol–water partition coefficient (Wildman–Crippen LogP) is 4.90. The molecule has 26 heavy (non-hydrogen) atoms. The fourth-order valence-corrected chi connectivity index (χ4v) is 7.42. The van der Waals surface area contributed by atoms with Gasteiger partial charge >= 0.3 is 0 Å². The van der Waals surface area contributed by atoms with Crippen molar-refractivity contribution >= 4 is 5.78 Å². The van der Waals surface area contributed by atoms with Gasteiger partial charge in [0.25, 0.3) is 0 Å². The van der Waals surface area contributed by atoms with Crippen LogP contribution in [0.15, 0.2) is 12.2 Å². The minimum atomic E-state index is 0.0464. The Labute approximate surface area is 157 Å². The van der Waals surface area contributed by atoms with E-state index in [1.165, 1.54) is 51.4 Å². The lowest BCUT2D eigenvalue weighted by atomic mass is 9.51. The molecule has 0 radical (unpaired) electrons. The second-order valence-electron chi connectivity index (χ2n) is 9.92. The van der Waals surface area contributed by atoms with E-state index in [2.05, 4.69) is 13.0 Å². The van der Waals surface area contributed by atoms with Crippen molar-refractivity contribution in [3.8, 4) is 0 Å². The number of carbonyl (C=O) groups excluding carboxylic acids is 1. The Kier molecular flexibility index (Phi) is 4.52. The monoisotopic (exact) mass is 358 g/mol. The van der Waals surface area contributed by atoms with Crippen LogP contribution in [-0.4, -0.2) is 24.8 Å². The third-order valence-electron chi connectivity index (χ3n) is 8.74. The highest BCUT2D eigenvalue weighted by molar-refractivity contribution is 5.90. The number of fused-ring (bicyclic) bond motifs is 5. The Morgan fingerprint density at radius 1 is 1.08 bits per heavy atom. The van der Waals surface area contributed by atoms with Crippen molar-refractivity contribution in [1.29, 1.82) is 0 Å². The van der Waals surface area contributed by atoms with E-state index in [4.69, 9.17) is 9.47 Å². The minimum absolute atomic E-state index is 0.0464. The van der Waals surface area contributed by atoms with Crippen LogP contribution in [0.5, 0.6) is 0 Å². The lowest BCUT2D eigenvalue weighted by molar-refractivity contribution is -0.215. The Morgan fingerprint density at radius 2 is 2.00 bits per heavy atom. The second-order valence-corrected chi connectivity index (χ2v) is 9.92.